The molecule has 0 radical (unpaired) electrons. The number of aromatic nitrogens is 3. The molecule has 0 aliphatic carbocycles. The van der Waals surface area contributed by atoms with Gasteiger partial charge < -0.3 is 9.64 Å². The molecule has 6 nitrogen and oxygen atoms in total. The van der Waals surface area contributed by atoms with E-state index < -0.39 is 11.7 Å². The van der Waals surface area contributed by atoms with Gasteiger partial charge in [0.15, 0.2) is 11.0 Å². The van der Waals surface area contributed by atoms with Crippen molar-refractivity contribution >= 4 is 29.3 Å². The number of carbonyl (C=O) groups is 1. The number of hydrogen-bond acceptors (Lipinski definition) is 5. The molecule has 1 fully saturated rings. The van der Waals surface area contributed by atoms with E-state index >= 15 is 0 Å². The summed E-state index contributed by atoms with van der Waals surface area (Å²) in [6.45, 7) is 1.89. The standard InChI is InChI=1S/C21H18ClF3N4O2S/c22-15-5-3-4-14(12-15)19-26-27-20(32-13-18(30)28-8-10-31-11-9-28)29(19)17-7-2-1-6-16(17)21(23,24)25/h1-7,12H,8-11,13H2. The van der Waals surface area contributed by atoms with Crippen LogP contribution in [0.4, 0.5) is 13.2 Å². The lowest BCUT2D eigenvalue weighted by molar-refractivity contribution is -0.137. The van der Waals surface area contributed by atoms with Crippen LogP contribution in [0.15, 0.2) is 53.7 Å². The first kappa shape index (κ1) is 22.6. The first-order chi connectivity index (χ1) is 15.3. The Hall–Kier alpha value is -2.56. The number of rotatable bonds is 5. The predicted octanol–water partition coefficient (Wildman–Crippen LogP) is 4.56. The number of thioether (sulfide) groups is 1. The van der Waals surface area contributed by atoms with Crippen molar-refractivity contribution in [2.45, 2.75) is 11.3 Å². The molecule has 3 aromatic rings. The Morgan fingerprint density at radius 1 is 1.09 bits per heavy atom. The third kappa shape index (κ3) is 4.92. The minimum absolute atomic E-state index is 0.0157. The number of morpholine rings is 1. The Morgan fingerprint density at radius 2 is 1.84 bits per heavy atom. The Labute approximate surface area is 191 Å². The van der Waals surface area contributed by atoms with E-state index in [4.69, 9.17) is 16.3 Å². The van der Waals surface area contributed by atoms with Gasteiger partial charge in [-0.05, 0) is 24.3 Å². The molecule has 0 saturated carbocycles. The second-order valence-electron chi connectivity index (χ2n) is 6.95. The normalized spacial score (nSPS) is 14.6. The zero-order chi connectivity index (χ0) is 22.7. The number of alkyl halides is 3. The zero-order valence-corrected chi connectivity index (χ0v) is 18.3. The molecule has 1 saturated heterocycles. The van der Waals surface area contributed by atoms with Crippen LogP contribution in [-0.2, 0) is 15.7 Å². The van der Waals surface area contributed by atoms with Crippen LogP contribution in [0.25, 0.3) is 17.1 Å². The fourth-order valence-corrected chi connectivity index (χ4v) is 4.37. The van der Waals surface area contributed by atoms with Gasteiger partial charge in [-0.15, -0.1) is 10.2 Å². The number of amides is 1. The average molecular weight is 483 g/mol. The van der Waals surface area contributed by atoms with Crippen LogP contribution in [0.3, 0.4) is 0 Å². The van der Waals surface area contributed by atoms with E-state index in [1.54, 1.807) is 29.2 Å². The third-order valence-corrected chi connectivity index (χ3v) is 6.00. The molecule has 0 spiro atoms. The highest BCUT2D eigenvalue weighted by Crippen LogP contribution is 2.37. The molecule has 32 heavy (non-hydrogen) atoms. The lowest BCUT2D eigenvalue weighted by Crippen LogP contribution is -2.41. The summed E-state index contributed by atoms with van der Waals surface area (Å²) in [5, 5.41) is 8.84. The highest BCUT2D eigenvalue weighted by molar-refractivity contribution is 7.99. The Morgan fingerprint density at radius 3 is 2.56 bits per heavy atom. The van der Waals surface area contributed by atoms with Gasteiger partial charge in [0.1, 0.15) is 0 Å². The van der Waals surface area contributed by atoms with Crippen LogP contribution >= 0.6 is 23.4 Å². The summed E-state index contributed by atoms with van der Waals surface area (Å²) in [4.78, 5) is 14.2. The van der Waals surface area contributed by atoms with Gasteiger partial charge in [0.2, 0.25) is 5.91 Å². The first-order valence-corrected chi connectivity index (χ1v) is 11.1. The summed E-state index contributed by atoms with van der Waals surface area (Å²) in [7, 11) is 0. The van der Waals surface area contributed by atoms with Crippen molar-refractivity contribution in [3.8, 4) is 17.1 Å². The lowest BCUT2D eigenvalue weighted by atomic mass is 10.1. The van der Waals surface area contributed by atoms with E-state index in [0.717, 1.165) is 17.8 Å². The molecule has 1 aromatic heterocycles. The lowest BCUT2D eigenvalue weighted by Gasteiger charge is -2.26. The van der Waals surface area contributed by atoms with Crippen LogP contribution in [0.5, 0.6) is 0 Å². The third-order valence-electron chi connectivity index (χ3n) is 4.86. The van der Waals surface area contributed by atoms with E-state index in [9.17, 15) is 18.0 Å². The highest BCUT2D eigenvalue weighted by atomic mass is 35.5. The fraction of sp³-hybridized carbons (Fsp3) is 0.286. The molecule has 1 aliphatic rings. The molecule has 0 N–H and O–H groups in total. The summed E-state index contributed by atoms with van der Waals surface area (Å²) in [5.41, 5.74) is -0.445. The van der Waals surface area contributed by atoms with Gasteiger partial charge in [0, 0.05) is 23.7 Å². The predicted molar refractivity (Wildman–Crippen MR) is 115 cm³/mol. The maximum Gasteiger partial charge on any atom is 0.418 e. The molecule has 0 bridgehead atoms. The molecule has 0 atom stereocenters. The molecule has 11 heteroatoms. The van der Waals surface area contributed by atoms with Crippen molar-refractivity contribution < 1.29 is 22.7 Å². The van der Waals surface area contributed by atoms with Crippen LogP contribution in [0.2, 0.25) is 5.02 Å². The van der Waals surface area contributed by atoms with Crippen LogP contribution in [-0.4, -0.2) is 57.6 Å². The van der Waals surface area contributed by atoms with E-state index in [0.29, 0.717) is 36.9 Å². The van der Waals surface area contributed by atoms with Crippen molar-refractivity contribution in [3.63, 3.8) is 0 Å². The smallest absolute Gasteiger partial charge is 0.378 e. The summed E-state index contributed by atoms with van der Waals surface area (Å²) in [6, 6.07) is 11.8. The summed E-state index contributed by atoms with van der Waals surface area (Å²) in [5.74, 6) is 0.0776. The van der Waals surface area contributed by atoms with Crippen LogP contribution < -0.4 is 0 Å². The van der Waals surface area contributed by atoms with Crippen molar-refractivity contribution in [2.75, 3.05) is 32.1 Å². The van der Waals surface area contributed by atoms with Gasteiger partial charge in [-0.3, -0.25) is 9.36 Å². The zero-order valence-electron chi connectivity index (χ0n) is 16.7. The topological polar surface area (TPSA) is 60.2 Å². The van der Waals surface area contributed by atoms with Crippen molar-refractivity contribution in [1.82, 2.24) is 19.7 Å². The number of nitrogens with zero attached hydrogens (tertiary/aromatic N) is 4. The second kappa shape index (κ2) is 9.51. The molecule has 1 aliphatic heterocycles. The van der Waals surface area contributed by atoms with Crippen molar-refractivity contribution in [1.29, 1.82) is 0 Å². The number of hydrogen-bond donors (Lipinski definition) is 0. The quantitative estimate of drug-likeness (QED) is 0.499. The van der Waals surface area contributed by atoms with Crippen molar-refractivity contribution in [2.24, 2.45) is 0 Å². The molecule has 2 heterocycles. The minimum atomic E-state index is -4.59. The monoisotopic (exact) mass is 482 g/mol. The number of halogens is 4. The Kier molecular flexibility index (Phi) is 6.73. The van der Waals surface area contributed by atoms with Gasteiger partial charge in [0.25, 0.3) is 0 Å². The number of carbonyl (C=O) groups excluding carboxylic acids is 1. The Balaban J connectivity index is 1.74. The summed E-state index contributed by atoms with van der Waals surface area (Å²) >= 11 is 7.13. The van der Waals surface area contributed by atoms with E-state index in [1.807, 2.05) is 0 Å². The molecule has 4 rings (SSSR count). The molecular formula is C21H18ClF3N4O2S. The van der Waals surface area contributed by atoms with Gasteiger partial charge in [-0.25, -0.2) is 0 Å². The molecule has 1 amide bonds. The first-order valence-electron chi connectivity index (χ1n) is 9.71. The maximum absolute atomic E-state index is 13.8. The molecular weight excluding hydrogens is 465 g/mol. The SMILES string of the molecule is O=C(CSc1nnc(-c2cccc(Cl)c2)n1-c1ccccc1C(F)(F)F)N1CCOCC1. The van der Waals surface area contributed by atoms with Gasteiger partial charge in [-0.1, -0.05) is 47.6 Å². The minimum Gasteiger partial charge on any atom is -0.378 e. The number of ether oxygens (including phenoxy) is 1. The van der Waals surface area contributed by atoms with Crippen LogP contribution in [0, 0.1) is 0 Å². The van der Waals surface area contributed by atoms with Crippen molar-refractivity contribution in [3.05, 3.63) is 59.1 Å². The van der Waals surface area contributed by atoms with Crippen LogP contribution in [0.1, 0.15) is 5.56 Å². The Bertz CT molecular complexity index is 1120. The summed E-state index contributed by atoms with van der Waals surface area (Å²) < 4.78 is 47.9. The molecule has 0 unspecified atom stereocenters. The van der Waals surface area contributed by atoms with Gasteiger partial charge in [0.05, 0.1) is 30.2 Å². The fourth-order valence-electron chi connectivity index (χ4n) is 3.33. The van der Waals surface area contributed by atoms with E-state index in [-0.39, 0.29) is 28.3 Å². The van der Waals surface area contributed by atoms with Gasteiger partial charge >= 0.3 is 6.18 Å². The number of para-hydroxylation sites is 1. The van der Waals surface area contributed by atoms with Gasteiger partial charge in [-0.2, -0.15) is 13.2 Å². The van der Waals surface area contributed by atoms with E-state index in [1.165, 1.54) is 22.8 Å². The number of benzene rings is 2. The van der Waals surface area contributed by atoms with E-state index in [2.05, 4.69) is 10.2 Å². The maximum atomic E-state index is 13.8. The highest BCUT2D eigenvalue weighted by Gasteiger charge is 2.35. The summed E-state index contributed by atoms with van der Waals surface area (Å²) in [6.07, 6.45) is -4.59. The average Bonchev–Trinajstić information content (AvgIpc) is 3.21. The molecule has 168 valence electrons. The molecule has 2 aromatic carbocycles. The largest absolute Gasteiger partial charge is 0.418 e. The second-order valence-corrected chi connectivity index (χ2v) is 8.33.